The minimum Gasteiger partial charge on any atom is -0.461 e. The standard InChI is InChI=1S/C17H14N6O4/c1-3-27-17(26)12-14-15(24)21(2)13-11(23(14)20-19-12)9-18-22(16(13)25)10-7-5-4-6-8-10/h4-9H,3H2,1-2H3. The van der Waals surface area contributed by atoms with Crippen molar-refractivity contribution in [2.45, 2.75) is 6.92 Å². The van der Waals surface area contributed by atoms with Crippen LogP contribution in [0.4, 0.5) is 0 Å². The summed E-state index contributed by atoms with van der Waals surface area (Å²) in [4.78, 5) is 37.9. The third-order valence-electron chi connectivity index (χ3n) is 4.14. The van der Waals surface area contributed by atoms with E-state index < -0.39 is 17.1 Å². The second-order valence-electron chi connectivity index (χ2n) is 5.71. The Balaban J connectivity index is 2.08. The lowest BCUT2D eigenvalue weighted by molar-refractivity contribution is 0.0521. The Kier molecular flexibility index (Phi) is 3.80. The molecule has 0 N–H and O–H groups in total. The summed E-state index contributed by atoms with van der Waals surface area (Å²) in [5, 5.41) is 11.8. The summed E-state index contributed by atoms with van der Waals surface area (Å²) in [7, 11) is 1.45. The van der Waals surface area contributed by atoms with Crippen molar-refractivity contribution >= 4 is 22.5 Å². The van der Waals surface area contributed by atoms with Gasteiger partial charge in [0.25, 0.3) is 11.1 Å². The van der Waals surface area contributed by atoms with Gasteiger partial charge in [-0.1, -0.05) is 23.4 Å². The summed E-state index contributed by atoms with van der Waals surface area (Å²) in [6, 6.07) is 8.83. The number of carbonyl (C=O) groups is 1. The molecule has 27 heavy (non-hydrogen) atoms. The minimum atomic E-state index is -0.755. The predicted octanol–water partition coefficient (Wildman–Crippen LogP) is 0.304. The zero-order chi connectivity index (χ0) is 19.1. The summed E-state index contributed by atoms with van der Waals surface area (Å²) in [6.07, 6.45) is 1.40. The number of hydrogen-bond donors (Lipinski definition) is 0. The molecule has 0 aliphatic rings. The van der Waals surface area contributed by atoms with Crippen LogP contribution in [0.1, 0.15) is 17.4 Å². The van der Waals surface area contributed by atoms with Crippen molar-refractivity contribution in [2.24, 2.45) is 7.05 Å². The molecule has 0 saturated heterocycles. The molecular formula is C17H14N6O4. The molecule has 10 heteroatoms. The molecule has 0 radical (unpaired) electrons. The number of carbonyl (C=O) groups excluding carboxylic acids is 1. The van der Waals surface area contributed by atoms with Gasteiger partial charge in [-0.25, -0.2) is 9.31 Å². The van der Waals surface area contributed by atoms with Gasteiger partial charge in [0.1, 0.15) is 11.0 Å². The van der Waals surface area contributed by atoms with Crippen molar-refractivity contribution in [3.8, 4) is 5.69 Å². The van der Waals surface area contributed by atoms with Gasteiger partial charge < -0.3 is 9.30 Å². The number of fused-ring (bicyclic) bond motifs is 3. The fourth-order valence-corrected chi connectivity index (χ4v) is 2.90. The quantitative estimate of drug-likeness (QED) is 0.479. The summed E-state index contributed by atoms with van der Waals surface area (Å²) >= 11 is 0. The molecule has 0 aliphatic heterocycles. The van der Waals surface area contributed by atoms with E-state index in [-0.39, 0.29) is 28.9 Å². The van der Waals surface area contributed by atoms with Crippen LogP contribution in [0.15, 0.2) is 46.1 Å². The highest BCUT2D eigenvalue weighted by molar-refractivity contribution is 5.95. The Morgan fingerprint density at radius 2 is 1.85 bits per heavy atom. The SMILES string of the molecule is CCOC(=O)c1nnn2c1c(=O)n(C)c1c(=O)n(-c3ccccc3)ncc12. The van der Waals surface area contributed by atoms with Crippen LogP contribution < -0.4 is 11.1 Å². The first-order valence-corrected chi connectivity index (χ1v) is 8.13. The highest BCUT2D eigenvalue weighted by atomic mass is 16.5. The van der Waals surface area contributed by atoms with Crippen LogP contribution in [-0.2, 0) is 11.8 Å². The molecule has 0 aliphatic carbocycles. The van der Waals surface area contributed by atoms with E-state index in [0.717, 1.165) is 4.52 Å². The van der Waals surface area contributed by atoms with E-state index in [2.05, 4.69) is 15.4 Å². The lowest BCUT2D eigenvalue weighted by Gasteiger charge is -2.09. The van der Waals surface area contributed by atoms with Gasteiger partial charge in [-0.15, -0.1) is 5.10 Å². The zero-order valence-electron chi connectivity index (χ0n) is 14.5. The van der Waals surface area contributed by atoms with E-state index >= 15 is 0 Å². The van der Waals surface area contributed by atoms with Crippen molar-refractivity contribution in [3.05, 3.63) is 62.9 Å². The molecule has 3 heterocycles. The van der Waals surface area contributed by atoms with Crippen LogP contribution in [0, 0.1) is 0 Å². The van der Waals surface area contributed by atoms with E-state index in [9.17, 15) is 14.4 Å². The number of aromatic nitrogens is 6. The van der Waals surface area contributed by atoms with Crippen molar-refractivity contribution in [3.63, 3.8) is 0 Å². The molecule has 4 rings (SSSR count). The van der Waals surface area contributed by atoms with Crippen molar-refractivity contribution in [2.75, 3.05) is 6.61 Å². The fourth-order valence-electron chi connectivity index (χ4n) is 2.90. The van der Waals surface area contributed by atoms with Gasteiger partial charge in [-0.2, -0.15) is 9.78 Å². The van der Waals surface area contributed by atoms with Crippen LogP contribution in [-0.4, -0.2) is 41.8 Å². The number of rotatable bonds is 3. The van der Waals surface area contributed by atoms with Crippen molar-refractivity contribution in [1.29, 1.82) is 0 Å². The number of benzene rings is 1. The first-order valence-electron chi connectivity index (χ1n) is 8.13. The van der Waals surface area contributed by atoms with Crippen LogP contribution in [0.25, 0.3) is 22.2 Å². The minimum absolute atomic E-state index is 0.0675. The highest BCUT2D eigenvalue weighted by Crippen LogP contribution is 2.13. The van der Waals surface area contributed by atoms with E-state index in [0.29, 0.717) is 5.69 Å². The molecule has 3 aromatic heterocycles. The molecule has 0 spiro atoms. The maximum atomic E-state index is 13.0. The maximum absolute atomic E-state index is 13.0. The molecule has 1 aromatic carbocycles. The molecule has 0 fully saturated rings. The number of esters is 1. The van der Waals surface area contributed by atoms with Crippen molar-refractivity contribution in [1.82, 2.24) is 29.2 Å². The summed E-state index contributed by atoms with van der Waals surface area (Å²) in [5.74, 6) is -0.755. The zero-order valence-corrected chi connectivity index (χ0v) is 14.5. The summed E-state index contributed by atoms with van der Waals surface area (Å²) < 4.78 is 8.42. The largest absolute Gasteiger partial charge is 0.461 e. The van der Waals surface area contributed by atoms with E-state index in [4.69, 9.17) is 4.74 Å². The van der Waals surface area contributed by atoms with E-state index in [1.807, 2.05) is 6.07 Å². The van der Waals surface area contributed by atoms with Crippen LogP contribution in [0.2, 0.25) is 0 Å². The van der Waals surface area contributed by atoms with Gasteiger partial charge in [0.2, 0.25) is 5.69 Å². The molecule has 136 valence electrons. The monoisotopic (exact) mass is 366 g/mol. The Morgan fingerprint density at radius 3 is 2.56 bits per heavy atom. The van der Waals surface area contributed by atoms with Crippen LogP contribution in [0.5, 0.6) is 0 Å². The predicted molar refractivity (Wildman–Crippen MR) is 95.1 cm³/mol. The molecule has 0 bridgehead atoms. The first kappa shape index (κ1) is 16.6. The van der Waals surface area contributed by atoms with Crippen molar-refractivity contribution < 1.29 is 9.53 Å². The average molecular weight is 366 g/mol. The highest BCUT2D eigenvalue weighted by Gasteiger charge is 2.23. The van der Waals surface area contributed by atoms with Gasteiger partial charge in [0.05, 0.1) is 18.5 Å². The van der Waals surface area contributed by atoms with Crippen LogP contribution >= 0.6 is 0 Å². The van der Waals surface area contributed by atoms with Gasteiger partial charge in [0, 0.05) is 7.05 Å². The normalized spacial score (nSPS) is 11.2. The third kappa shape index (κ3) is 2.41. The molecule has 0 atom stereocenters. The van der Waals surface area contributed by atoms with Gasteiger partial charge >= 0.3 is 5.97 Å². The van der Waals surface area contributed by atoms with Crippen LogP contribution in [0.3, 0.4) is 0 Å². The lowest BCUT2D eigenvalue weighted by Crippen LogP contribution is -2.30. The molecule has 0 amide bonds. The van der Waals surface area contributed by atoms with Gasteiger partial charge in [-0.3, -0.25) is 9.59 Å². The molecule has 0 saturated carbocycles. The lowest BCUT2D eigenvalue weighted by atomic mass is 10.3. The summed E-state index contributed by atoms with van der Waals surface area (Å²) in [5.41, 5.74) is -0.442. The number of nitrogens with zero attached hydrogens (tertiary/aromatic N) is 6. The average Bonchev–Trinajstić information content (AvgIpc) is 3.12. The van der Waals surface area contributed by atoms with E-state index in [1.165, 1.54) is 22.5 Å². The topological polar surface area (TPSA) is 113 Å². The number of hydrogen-bond acceptors (Lipinski definition) is 7. The molecule has 4 aromatic rings. The Morgan fingerprint density at radius 1 is 1.11 bits per heavy atom. The first-order chi connectivity index (χ1) is 13.0. The number of para-hydroxylation sites is 1. The maximum Gasteiger partial charge on any atom is 0.361 e. The molecule has 10 nitrogen and oxygen atoms in total. The van der Waals surface area contributed by atoms with E-state index in [1.54, 1.807) is 31.2 Å². The fraction of sp³-hybridized carbons (Fsp3) is 0.176. The Hall–Kier alpha value is -3.82. The second-order valence-corrected chi connectivity index (χ2v) is 5.71. The molecule has 0 unspecified atom stereocenters. The third-order valence-corrected chi connectivity index (χ3v) is 4.14. The Labute approximate surface area is 151 Å². The number of ether oxygens (including phenoxy) is 1. The second kappa shape index (κ2) is 6.16. The molecular weight excluding hydrogens is 352 g/mol. The summed E-state index contributed by atoms with van der Waals surface area (Å²) in [6.45, 7) is 1.78. The number of aryl methyl sites for hydroxylation is 1. The van der Waals surface area contributed by atoms with Gasteiger partial charge in [-0.05, 0) is 19.1 Å². The Bertz CT molecular complexity index is 1300. The smallest absolute Gasteiger partial charge is 0.361 e. The van der Waals surface area contributed by atoms with Gasteiger partial charge in [0.15, 0.2) is 5.52 Å².